The number of benzene rings is 4. The molecule has 9 nitrogen and oxygen atoms in total. The lowest BCUT2D eigenvalue weighted by atomic mass is 10.0. The number of carbonyl (C=O) groups excluding carboxylic acids is 4. The Morgan fingerprint density at radius 1 is 0.610 bits per heavy atom. The molecule has 0 aliphatic carbocycles. The van der Waals surface area contributed by atoms with Gasteiger partial charge in [0.15, 0.2) is 11.5 Å². The fourth-order valence-electron chi connectivity index (χ4n) is 3.52. The van der Waals surface area contributed by atoms with Crippen molar-refractivity contribution in [2.75, 3.05) is 0 Å². The average molecular weight is 545 g/mol. The molecule has 0 aliphatic heterocycles. The number of rotatable bonds is 9. The fourth-order valence-corrected chi connectivity index (χ4v) is 3.52. The Bertz CT molecular complexity index is 1660. The third-order valence-corrected chi connectivity index (χ3v) is 5.66. The molecule has 4 aromatic carbocycles. The maximum absolute atomic E-state index is 12.6. The molecule has 0 bridgehead atoms. The van der Waals surface area contributed by atoms with Crippen molar-refractivity contribution in [3.63, 3.8) is 0 Å². The van der Waals surface area contributed by atoms with Gasteiger partial charge in [-0.2, -0.15) is 5.26 Å². The lowest BCUT2D eigenvalue weighted by Crippen LogP contribution is -2.14. The lowest BCUT2D eigenvalue weighted by molar-refractivity contribution is -0.140. The zero-order valence-electron chi connectivity index (χ0n) is 21.4. The van der Waals surface area contributed by atoms with Crippen LogP contribution in [0.15, 0.2) is 97.1 Å². The Hall–Kier alpha value is -6.06. The molecule has 0 aliphatic rings. The zero-order chi connectivity index (χ0) is 29.2. The summed E-state index contributed by atoms with van der Waals surface area (Å²) in [5.41, 5.74) is 1.95. The average Bonchev–Trinajstić information content (AvgIpc) is 3.01. The van der Waals surface area contributed by atoms with E-state index in [4.69, 9.17) is 26.0 Å². The number of esters is 3. The smallest absolute Gasteiger partial charge is 0.343 e. The number of ether oxygens (including phenoxy) is 3. The molecule has 200 valence electrons. The van der Waals surface area contributed by atoms with Crippen molar-refractivity contribution in [1.82, 2.24) is 0 Å². The highest BCUT2D eigenvalue weighted by Gasteiger charge is 2.14. The van der Waals surface area contributed by atoms with Crippen molar-refractivity contribution in [3.05, 3.63) is 131 Å². The van der Waals surface area contributed by atoms with Gasteiger partial charge in [0.2, 0.25) is 0 Å². The SMILES string of the molecule is [C-]#[N+]c1ccc(C(=O)Oc2ccc(OC(=O)CCC(=O)Oc3ccc(C(=O)c4ccc(C#N)cc4)cc3)cc2)cc1. The van der Waals surface area contributed by atoms with Gasteiger partial charge >= 0.3 is 17.9 Å². The molecule has 0 amide bonds. The molecule has 0 unspecified atom stereocenters. The van der Waals surface area contributed by atoms with Crippen LogP contribution >= 0.6 is 0 Å². The molecule has 0 N–H and O–H groups in total. The maximum Gasteiger partial charge on any atom is 0.343 e. The first-order valence-electron chi connectivity index (χ1n) is 12.2. The van der Waals surface area contributed by atoms with Crippen LogP contribution < -0.4 is 14.2 Å². The summed E-state index contributed by atoms with van der Waals surface area (Å²) in [6.45, 7) is 6.95. The van der Waals surface area contributed by atoms with Crippen molar-refractivity contribution >= 4 is 29.4 Å². The number of hydrogen-bond acceptors (Lipinski definition) is 8. The van der Waals surface area contributed by atoms with Crippen molar-refractivity contribution in [2.24, 2.45) is 0 Å². The first-order chi connectivity index (χ1) is 19.8. The second kappa shape index (κ2) is 13.1. The van der Waals surface area contributed by atoms with Crippen LogP contribution in [0, 0.1) is 17.9 Å². The summed E-state index contributed by atoms with van der Waals surface area (Å²) >= 11 is 0. The number of nitriles is 1. The van der Waals surface area contributed by atoms with Crippen LogP contribution in [-0.4, -0.2) is 23.7 Å². The summed E-state index contributed by atoms with van der Waals surface area (Å²) in [7, 11) is 0. The van der Waals surface area contributed by atoms with Gasteiger partial charge < -0.3 is 14.2 Å². The Kier molecular flexibility index (Phi) is 8.96. The summed E-state index contributed by atoms with van der Waals surface area (Å²) in [5, 5.41) is 8.88. The third-order valence-electron chi connectivity index (χ3n) is 5.66. The minimum absolute atomic E-state index is 0.201. The second-order valence-corrected chi connectivity index (χ2v) is 8.51. The van der Waals surface area contributed by atoms with Crippen molar-refractivity contribution in [1.29, 1.82) is 5.26 Å². The molecule has 0 radical (unpaired) electrons. The van der Waals surface area contributed by atoms with Crippen molar-refractivity contribution in [3.8, 4) is 23.3 Å². The Balaban J connectivity index is 1.21. The Labute approximate surface area is 235 Å². The fraction of sp³-hybridized carbons (Fsp3) is 0.0625. The van der Waals surface area contributed by atoms with Crippen LogP contribution in [0.3, 0.4) is 0 Å². The maximum atomic E-state index is 12.6. The van der Waals surface area contributed by atoms with E-state index in [9.17, 15) is 19.2 Å². The molecule has 0 heterocycles. The topological polar surface area (TPSA) is 124 Å². The first kappa shape index (κ1) is 28.0. The van der Waals surface area contributed by atoms with Gasteiger partial charge in [0.25, 0.3) is 0 Å². The van der Waals surface area contributed by atoms with Crippen LogP contribution in [0.5, 0.6) is 17.2 Å². The number of nitrogens with zero attached hydrogens (tertiary/aromatic N) is 2. The van der Waals surface area contributed by atoms with E-state index in [1.807, 2.05) is 6.07 Å². The third kappa shape index (κ3) is 7.73. The molecular weight excluding hydrogens is 524 g/mol. The first-order valence-corrected chi connectivity index (χ1v) is 12.2. The van der Waals surface area contributed by atoms with Crippen LogP contribution in [0.4, 0.5) is 5.69 Å². The van der Waals surface area contributed by atoms with E-state index in [0.29, 0.717) is 22.4 Å². The van der Waals surface area contributed by atoms with E-state index in [2.05, 4.69) is 4.85 Å². The van der Waals surface area contributed by atoms with Gasteiger partial charge in [-0.3, -0.25) is 14.4 Å². The minimum atomic E-state index is -0.657. The van der Waals surface area contributed by atoms with Gasteiger partial charge in [-0.25, -0.2) is 9.64 Å². The molecule has 0 fully saturated rings. The molecule has 4 rings (SSSR count). The van der Waals surface area contributed by atoms with Crippen LogP contribution in [0.25, 0.3) is 4.85 Å². The van der Waals surface area contributed by atoms with Crippen LogP contribution in [0.2, 0.25) is 0 Å². The predicted octanol–water partition coefficient (Wildman–Crippen LogP) is 5.85. The Morgan fingerprint density at radius 3 is 1.49 bits per heavy atom. The Morgan fingerprint density at radius 2 is 1.02 bits per heavy atom. The van der Waals surface area contributed by atoms with Gasteiger partial charge in [-0.15, -0.1) is 0 Å². The van der Waals surface area contributed by atoms with Crippen molar-refractivity contribution in [2.45, 2.75) is 12.8 Å². The summed E-state index contributed by atoms with van der Waals surface area (Å²) in [4.78, 5) is 52.4. The van der Waals surface area contributed by atoms with Gasteiger partial charge in [0.05, 0.1) is 36.6 Å². The highest BCUT2D eigenvalue weighted by molar-refractivity contribution is 6.09. The largest absolute Gasteiger partial charge is 0.427 e. The molecule has 41 heavy (non-hydrogen) atoms. The highest BCUT2D eigenvalue weighted by atomic mass is 16.5. The van der Waals surface area contributed by atoms with E-state index < -0.39 is 17.9 Å². The van der Waals surface area contributed by atoms with E-state index in [1.165, 1.54) is 72.8 Å². The standard InChI is InChI=1S/C32H20N2O7/c1-34-25-10-6-24(7-11-25)32(38)41-28-16-14-27(15-17-28)40-30(36)19-18-29(35)39-26-12-8-23(9-13-26)31(37)22-4-2-21(20-33)3-5-22/h2-17H,18-19H2. The normalized spacial score (nSPS) is 10.0. The van der Waals surface area contributed by atoms with Gasteiger partial charge in [0.1, 0.15) is 17.2 Å². The quantitative estimate of drug-likeness (QED) is 0.111. The molecule has 0 saturated carbocycles. The van der Waals surface area contributed by atoms with E-state index in [1.54, 1.807) is 24.3 Å². The lowest BCUT2D eigenvalue weighted by Gasteiger charge is -2.08. The summed E-state index contributed by atoms with van der Waals surface area (Å²) in [5.74, 6) is -1.50. The monoisotopic (exact) mass is 544 g/mol. The number of ketones is 1. The molecule has 9 heteroatoms. The molecule has 0 atom stereocenters. The molecule has 0 aromatic heterocycles. The molecule has 0 saturated heterocycles. The predicted molar refractivity (Wildman–Crippen MR) is 146 cm³/mol. The van der Waals surface area contributed by atoms with E-state index >= 15 is 0 Å². The van der Waals surface area contributed by atoms with Crippen LogP contribution in [-0.2, 0) is 9.59 Å². The molecular formula is C32H20N2O7. The molecule has 0 spiro atoms. The number of carbonyl (C=O) groups is 4. The minimum Gasteiger partial charge on any atom is -0.427 e. The highest BCUT2D eigenvalue weighted by Crippen LogP contribution is 2.21. The van der Waals surface area contributed by atoms with Crippen molar-refractivity contribution < 1.29 is 33.4 Å². The summed E-state index contributed by atoms with van der Waals surface area (Å²) in [6.07, 6.45) is -0.460. The van der Waals surface area contributed by atoms with Crippen LogP contribution in [0.1, 0.15) is 44.7 Å². The summed E-state index contributed by atoms with van der Waals surface area (Å²) < 4.78 is 15.7. The van der Waals surface area contributed by atoms with Gasteiger partial charge in [0, 0.05) is 11.1 Å². The zero-order valence-corrected chi connectivity index (χ0v) is 21.4. The molecule has 4 aromatic rings. The summed E-state index contributed by atoms with van der Waals surface area (Å²) in [6, 6.07) is 26.0. The second-order valence-electron chi connectivity index (χ2n) is 8.51. The van der Waals surface area contributed by atoms with E-state index in [-0.39, 0.29) is 41.4 Å². The van der Waals surface area contributed by atoms with Gasteiger partial charge in [-0.05, 0) is 72.8 Å². The number of hydrogen-bond donors (Lipinski definition) is 0. The van der Waals surface area contributed by atoms with Gasteiger partial charge in [-0.1, -0.05) is 24.3 Å². The van der Waals surface area contributed by atoms with E-state index in [0.717, 1.165) is 0 Å².